The van der Waals surface area contributed by atoms with Crippen LogP contribution < -0.4 is 0 Å². The van der Waals surface area contributed by atoms with Gasteiger partial charge in [-0.05, 0) is 18.4 Å². The first-order valence-corrected chi connectivity index (χ1v) is 10.9. The SMILES string of the molecule is O=C(c1cc([N+](=O)[O-])cc([N+](=O)[O-])c1)N1CCC(S(=O)(=O)Cc2ccccc2)CC1. The lowest BCUT2D eigenvalue weighted by atomic mass is 10.1. The number of sulfone groups is 1. The molecule has 1 heterocycles. The Morgan fingerprint density at radius 2 is 1.50 bits per heavy atom. The van der Waals surface area contributed by atoms with Crippen LogP contribution in [-0.4, -0.2) is 47.4 Å². The van der Waals surface area contributed by atoms with Crippen molar-refractivity contribution in [1.82, 2.24) is 4.90 Å². The Labute approximate surface area is 172 Å². The van der Waals surface area contributed by atoms with Crippen LogP contribution in [0.15, 0.2) is 48.5 Å². The highest BCUT2D eigenvalue weighted by Crippen LogP contribution is 2.26. The van der Waals surface area contributed by atoms with E-state index >= 15 is 0 Å². The molecule has 30 heavy (non-hydrogen) atoms. The Kier molecular flexibility index (Phi) is 6.11. The van der Waals surface area contributed by atoms with Gasteiger partial charge in [-0.25, -0.2) is 8.42 Å². The largest absolute Gasteiger partial charge is 0.339 e. The first-order chi connectivity index (χ1) is 14.2. The molecule has 10 nitrogen and oxygen atoms in total. The van der Waals surface area contributed by atoms with Crippen molar-refractivity contribution in [1.29, 1.82) is 0 Å². The number of hydrogen-bond acceptors (Lipinski definition) is 7. The lowest BCUT2D eigenvalue weighted by molar-refractivity contribution is -0.394. The van der Waals surface area contributed by atoms with E-state index in [1.54, 1.807) is 30.3 Å². The number of likely N-dealkylation sites (tertiary alicyclic amines) is 1. The summed E-state index contributed by atoms with van der Waals surface area (Å²) in [6, 6.07) is 11.6. The molecule has 0 aromatic heterocycles. The predicted molar refractivity (Wildman–Crippen MR) is 108 cm³/mol. The zero-order chi connectivity index (χ0) is 21.9. The molecule has 0 unspecified atom stereocenters. The van der Waals surface area contributed by atoms with Gasteiger partial charge in [0.25, 0.3) is 17.3 Å². The maximum atomic E-state index is 12.7. The van der Waals surface area contributed by atoms with Crippen molar-refractivity contribution in [3.63, 3.8) is 0 Å². The van der Waals surface area contributed by atoms with Crippen molar-refractivity contribution in [2.45, 2.75) is 23.8 Å². The van der Waals surface area contributed by atoms with Gasteiger partial charge in [0.15, 0.2) is 9.84 Å². The molecule has 0 bridgehead atoms. The van der Waals surface area contributed by atoms with Crippen LogP contribution >= 0.6 is 0 Å². The van der Waals surface area contributed by atoms with E-state index in [4.69, 9.17) is 0 Å². The molecule has 2 aromatic rings. The van der Waals surface area contributed by atoms with Crippen molar-refractivity contribution < 1.29 is 23.1 Å². The highest BCUT2D eigenvalue weighted by molar-refractivity contribution is 7.91. The summed E-state index contributed by atoms with van der Waals surface area (Å²) in [5.74, 6) is -0.676. The maximum Gasteiger partial charge on any atom is 0.277 e. The summed E-state index contributed by atoms with van der Waals surface area (Å²) in [7, 11) is -3.40. The molecule has 0 aliphatic carbocycles. The lowest BCUT2D eigenvalue weighted by Gasteiger charge is -2.31. The first kappa shape index (κ1) is 21.4. The number of hydrogen-bond donors (Lipinski definition) is 0. The number of non-ortho nitro benzene ring substituents is 2. The number of nitro groups is 2. The van der Waals surface area contributed by atoms with E-state index in [0.717, 1.165) is 18.2 Å². The zero-order valence-corrected chi connectivity index (χ0v) is 16.7. The second-order valence-electron chi connectivity index (χ2n) is 7.04. The fourth-order valence-electron chi connectivity index (χ4n) is 3.45. The molecule has 0 radical (unpaired) electrons. The Hall–Kier alpha value is -3.34. The summed E-state index contributed by atoms with van der Waals surface area (Å²) in [6.45, 7) is 0.294. The minimum Gasteiger partial charge on any atom is -0.339 e. The molecule has 1 amide bonds. The third-order valence-corrected chi connectivity index (χ3v) is 7.24. The van der Waals surface area contributed by atoms with Gasteiger partial charge < -0.3 is 4.90 Å². The maximum absolute atomic E-state index is 12.7. The third-order valence-electron chi connectivity index (χ3n) is 5.02. The monoisotopic (exact) mass is 433 g/mol. The van der Waals surface area contributed by atoms with E-state index in [0.29, 0.717) is 5.56 Å². The second kappa shape index (κ2) is 8.57. The summed E-state index contributed by atoms with van der Waals surface area (Å²) in [5.41, 5.74) is -0.567. The van der Waals surface area contributed by atoms with Gasteiger partial charge in [-0.3, -0.25) is 25.0 Å². The van der Waals surface area contributed by atoms with Gasteiger partial charge in [0, 0.05) is 25.2 Å². The normalized spacial score (nSPS) is 15.0. The molecular formula is C19H19N3O7S. The van der Waals surface area contributed by atoms with Gasteiger partial charge in [-0.2, -0.15) is 0 Å². The smallest absolute Gasteiger partial charge is 0.277 e. The number of nitrogens with zero attached hydrogens (tertiary/aromatic N) is 3. The van der Waals surface area contributed by atoms with Gasteiger partial charge in [0.05, 0.1) is 32.5 Å². The minimum absolute atomic E-state index is 0.0798. The molecular weight excluding hydrogens is 414 g/mol. The Balaban J connectivity index is 1.71. The van der Waals surface area contributed by atoms with Crippen LogP contribution in [0.5, 0.6) is 0 Å². The molecule has 1 aliphatic rings. The van der Waals surface area contributed by atoms with Crippen LogP contribution in [0.2, 0.25) is 0 Å². The molecule has 1 saturated heterocycles. The van der Waals surface area contributed by atoms with Crippen molar-refractivity contribution in [2.75, 3.05) is 13.1 Å². The average Bonchev–Trinajstić information content (AvgIpc) is 2.73. The van der Waals surface area contributed by atoms with Crippen LogP contribution in [-0.2, 0) is 15.6 Å². The Morgan fingerprint density at radius 3 is 2.00 bits per heavy atom. The molecule has 0 saturated carbocycles. The van der Waals surface area contributed by atoms with E-state index in [-0.39, 0.29) is 37.2 Å². The van der Waals surface area contributed by atoms with Gasteiger partial charge in [0.2, 0.25) is 0 Å². The summed E-state index contributed by atoms with van der Waals surface area (Å²) in [4.78, 5) is 34.5. The zero-order valence-electron chi connectivity index (χ0n) is 15.8. The standard InChI is InChI=1S/C19H19N3O7S/c23-19(15-10-16(21(24)25)12-17(11-15)22(26)27)20-8-6-18(7-9-20)30(28,29)13-14-4-2-1-3-5-14/h1-5,10-12,18H,6-9,13H2. The van der Waals surface area contributed by atoms with E-state index in [9.17, 15) is 33.4 Å². The first-order valence-electron chi connectivity index (χ1n) is 9.16. The van der Waals surface area contributed by atoms with Crippen LogP contribution in [0.25, 0.3) is 0 Å². The third kappa shape index (κ3) is 4.79. The van der Waals surface area contributed by atoms with Gasteiger partial charge in [-0.1, -0.05) is 30.3 Å². The van der Waals surface area contributed by atoms with E-state index in [2.05, 4.69) is 0 Å². The summed E-state index contributed by atoms with van der Waals surface area (Å²) >= 11 is 0. The molecule has 0 spiro atoms. The van der Waals surface area contributed by atoms with Gasteiger partial charge in [-0.15, -0.1) is 0 Å². The number of piperidine rings is 1. The van der Waals surface area contributed by atoms with E-state index in [1.807, 2.05) is 0 Å². The molecule has 1 fully saturated rings. The quantitative estimate of drug-likeness (QED) is 0.504. The number of benzene rings is 2. The summed E-state index contributed by atoms with van der Waals surface area (Å²) in [6.07, 6.45) is 0.468. The van der Waals surface area contributed by atoms with E-state index in [1.165, 1.54) is 4.90 Å². The van der Waals surface area contributed by atoms with Crippen molar-refractivity contribution in [3.8, 4) is 0 Å². The van der Waals surface area contributed by atoms with Gasteiger partial charge in [0.1, 0.15) is 0 Å². The molecule has 2 aromatic carbocycles. The molecule has 11 heteroatoms. The van der Waals surface area contributed by atoms with Crippen LogP contribution in [0.3, 0.4) is 0 Å². The van der Waals surface area contributed by atoms with Crippen molar-refractivity contribution in [3.05, 3.63) is 79.9 Å². The number of rotatable bonds is 6. The van der Waals surface area contributed by atoms with Crippen LogP contribution in [0.1, 0.15) is 28.8 Å². The van der Waals surface area contributed by atoms with Crippen LogP contribution in [0.4, 0.5) is 11.4 Å². The van der Waals surface area contributed by atoms with Crippen molar-refractivity contribution in [2.24, 2.45) is 0 Å². The Morgan fingerprint density at radius 1 is 0.967 bits per heavy atom. The van der Waals surface area contributed by atoms with Gasteiger partial charge >= 0.3 is 0 Å². The molecule has 158 valence electrons. The topological polar surface area (TPSA) is 141 Å². The highest BCUT2D eigenvalue weighted by Gasteiger charge is 2.32. The molecule has 3 rings (SSSR count). The summed E-state index contributed by atoms with van der Waals surface area (Å²) in [5, 5.41) is 21.4. The second-order valence-corrected chi connectivity index (χ2v) is 9.32. The molecule has 0 atom stereocenters. The van der Waals surface area contributed by atoms with Crippen molar-refractivity contribution >= 4 is 27.1 Å². The molecule has 0 N–H and O–H groups in total. The fraction of sp³-hybridized carbons (Fsp3) is 0.316. The number of amides is 1. The number of carbonyl (C=O) groups is 1. The number of carbonyl (C=O) groups excluding carboxylic acids is 1. The molecule has 1 aliphatic heterocycles. The van der Waals surface area contributed by atoms with Crippen LogP contribution in [0, 0.1) is 20.2 Å². The fourth-order valence-corrected chi connectivity index (χ4v) is 5.28. The lowest BCUT2D eigenvalue weighted by Crippen LogP contribution is -2.42. The summed E-state index contributed by atoms with van der Waals surface area (Å²) < 4.78 is 25.4. The van der Waals surface area contributed by atoms with E-state index < -0.39 is 42.2 Å². The average molecular weight is 433 g/mol. The Bertz CT molecular complexity index is 1050. The number of nitro benzene ring substituents is 2. The minimum atomic E-state index is -3.40. The highest BCUT2D eigenvalue weighted by atomic mass is 32.2. The predicted octanol–water partition coefficient (Wildman–Crippen LogP) is 2.72.